The van der Waals surface area contributed by atoms with E-state index < -0.39 is 5.66 Å². The lowest BCUT2D eigenvalue weighted by atomic mass is 9.88. The molecule has 2 atom stereocenters. The van der Waals surface area contributed by atoms with Crippen LogP contribution in [0.1, 0.15) is 25.3 Å². The Bertz CT molecular complexity index is 1220. The van der Waals surface area contributed by atoms with Crippen molar-refractivity contribution in [2.24, 2.45) is 0 Å². The van der Waals surface area contributed by atoms with E-state index in [0.717, 1.165) is 33.6 Å². The van der Waals surface area contributed by atoms with Gasteiger partial charge in [-0.15, -0.1) is 0 Å². The van der Waals surface area contributed by atoms with Crippen molar-refractivity contribution in [1.29, 1.82) is 0 Å². The van der Waals surface area contributed by atoms with Crippen molar-refractivity contribution in [2.75, 3.05) is 17.2 Å². The third kappa shape index (κ3) is 3.61. The maximum absolute atomic E-state index is 11.5. The van der Waals surface area contributed by atoms with Crippen molar-refractivity contribution >= 4 is 28.4 Å². The number of nitrogens with one attached hydrogen (secondary N) is 2. The van der Waals surface area contributed by atoms with Gasteiger partial charge in [0, 0.05) is 12.5 Å². The molecule has 31 heavy (non-hydrogen) atoms. The number of para-hydroxylation sites is 2. The van der Waals surface area contributed by atoms with Crippen LogP contribution >= 0.6 is 0 Å². The third-order valence-electron chi connectivity index (χ3n) is 5.70. The first-order valence-corrected chi connectivity index (χ1v) is 10.3. The molecule has 2 N–H and O–H groups in total. The highest BCUT2D eigenvalue weighted by atomic mass is 16.5. The molecule has 4 aromatic rings. The fraction of sp³-hybridized carbons (Fsp3) is 0.200. The second-order valence-corrected chi connectivity index (χ2v) is 7.97. The minimum Gasteiger partial charge on any atom is -0.465 e. The molecule has 1 aliphatic rings. The molecule has 156 valence electrons. The maximum Gasteiger partial charge on any atom is 0.302 e. The highest BCUT2D eigenvalue weighted by molar-refractivity contribution is 5.83. The average molecular weight is 413 g/mol. The quantitative estimate of drug-likeness (QED) is 0.427. The van der Waals surface area contributed by atoms with E-state index in [0.29, 0.717) is 5.89 Å². The van der Waals surface area contributed by atoms with Crippen molar-refractivity contribution in [1.82, 2.24) is 4.98 Å². The number of benzene rings is 3. The van der Waals surface area contributed by atoms with Gasteiger partial charge in [-0.05, 0) is 42.8 Å². The Labute approximate surface area is 180 Å². The molecule has 0 saturated heterocycles. The van der Waals surface area contributed by atoms with Crippen LogP contribution in [0.15, 0.2) is 77.2 Å². The highest BCUT2D eigenvalue weighted by Crippen LogP contribution is 2.43. The van der Waals surface area contributed by atoms with Gasteiger partial charge in [-0.1, -0.05) is 42.5 Å². The monoisotopic (exact) mass is 413 g/mol. The summed E-state index contributed by atoms with van der Waals surface area (Å²) < 4.78 is 11.3. The number of ether oxygens (including phenoxy) is 1. The van der Waals surface area contributed by atoms with E-state index >= 15 is 0 Å². The van der Waals surface area contributed by atoms with E-state index in [9.17, 15) is 4.79 Å². The number of carbonyl (C=O) groups is 1. The molecule has 6 nitrogen and oxygen atoms in total. The summed E-state index contributed by atoms with van der Waals surface area (Å²) in [5.41, 5.74) is 4.96. The average Bonchev–Trinajstić information content (AvgIpc) is 3.34. The topological polar surface area (TPSA) is 76.4 Å². The molecule has 0 saturated carbocycles. The Morgan fingerprint density at radius 2 is 1.77 bits per heavy atom. The first-order chi connectivity index (χ1) is 15.0. The predicted molar refractivity (Wildman–Crippen MR) is 121 cm³/mol. The van der Waals surface area contributed by atoms with Gasteiger partial charge in [0.2, 0.25) is 5.89 Å². The first kappa shape index (κ1) is 19.2. The van der Waals surface area contributed by atoms with Crippen molar-refractivity contribution < 1.29 is 13.9 Å². The minimum atomic E-state index is -0.543. The molecule has 0 spiro atoms. The van der Waals surface area contributed by atoms with E-state index in [2.05, 4.69) is 34.7 Å². The fourth-order valence-electron chi connectivity index (χ4n) is 4.13. The molecule has 5 rings (SSSR count). The van der Waals surface area contributed by atoms with Gasteiger partial charge < -0.3 is 19.8 Å². The largest absolute Gasteiger partial charge is 0.465 e. The molecule has 0 aliphatic carbocycles. The Balaban J connectivity index is 1.47. The molecule has 0 bridgehead atoms. The van der Waals surface area contributed by atoms with Crippen LogP contribution in [0.3, 0.4) is 0 Å². The number of anilines is 2. The summed E-state index contributed by atoms with van der Waals surface area (Å²) in [5, 5.41) is 7.19. The van der Waals surface area contributed by atoms with Crippen LogP contribution < -0.4 is 10.6 Å². The normalized spacial score (nSPS) is 18.1. The van der Waals surface area contributed by atoms with Crippen LogP contribution in [0, 0.1) is 0 Å². The summed E-state index contributed by atoms with van der Waals surface area (Å²) in [6, 6.07) is 23.8. The number of rotatable bonds is 5. The fourth-order valence-corrected chi connectivity index (χ4v) is 4.13. The van der Waals surface area contributed by atoms with Gasteiger partial charge in [0.05, 0.1) is 17.3 Å². The molecule has 2 heterocycles. The van der Waals surface area contributed by atoms with Gasteiger partial charge in [-0.2, -0.15) is 0 Å². The predicted octanol–water partition coefficient (Wildman–Crippen LogP) is 5.40. The van der Waals surface area contributed by atoms with Crippen LogP contribution in [-0.4, -0.2) is 23.2 Å². The molecule has 1 aromatic heterocycles. The van der Waals surface area contributed by atoms with Crippen molar-refractivity contribution in [2.45, 2.75) is 25.4 Å². The van der Waals surface area contributed by atoms with E-state index in [4.69, 9.17) is 9.15 Å². The minimum absolute atomic E-state index is 0.0993. The molecule has 0 radical (unpaired) electrons. The van der Waals surface area contributed by atoms with Crippen molar-refractivity contribution in [3.8, 4) is 11.5 Å². The summed E-state index contributed by atoms with van der Waals surface area (Å²) in [5.74, 6) is 0.190. The zero-order valence-electron chi connectivity index (χ0n) is 17.4. The van der Waals surface area contributed by atoms with E-state index in [1.165, 1.54) is 6.92 Å². The lowest BCUT2D eigenvalue weighted by Crippen LogP contribution is -2.46. The first-order valence-electron chi connectivity index (χ1n) is 10.3. The molecule has 0 fully saturated rings. The Morgan fingerprint density at radius 3 is 2.55 bits per heavy atom. The smallest absolute Gasteiger partial charge is 0.302 e. The number of fused-ring (bicyclic) bond motifs is 2. The van der Waals surface area contributed by atoms with Gasteiger partial charge in [0.25, 0.3) is 0 Å². The molecule has 0 amide bonds. The van der Waals surface area contributed by atoms with Gasteiger partial charge >= 0.3 is 5.97 Å². The number of hydrogen-bond acceptors (Lipinski definition) is 6. The number of nitrogens with zero attached hydrogens (tertiary/aromatic N) is 1. The maximum atomic E-state index is 11.5. The second kappa shape index (κ2) is 7.47. The summed E-state index contributed by atoms with van der Waals surface area (Å²) in [4.78, 5) is 16.1. The molecular formula is C25H23N3O3. The highest BCUT2D eigenvalue weighted by Gasteiger charge is 2.41. The molecular weight excluding hydrogens is 390 g/mol. The lowest BCUT2D eigenvalue weighted by Gasteiger charge is -2.35. The Kier molecular flexibility index (Phi) is 4.62. The number of hydrogen-bond donors (Lipinski definition) is 2. The molecule has 6 heteroatoms. The van der Waals surface area contributed by atoms with Crippen LogP contribution in [0.2, 0.25) is 0 Å². The van der Waals surface area contributed by atoms with Crippen LogP contribution in [0.5, 0.6) is 0 Å². The zero-order valence-corrected chi connectivity index (χ0v) is 17.4. The lowest BCUT2D eigenvalue weighted by molar-refractivity contribution is -0.141. The summed E-state index contributed by atoms with van der Waals surface area (Å²) in [6.45, 7) is 3.77. The Hall–Kier alpha value is -3.80. The zero-order chi connectivity index (χ0) is 21.4. The standard InChI is InChI=1S/C25H23N3O3/c1-16(29)30-15-19(17-8-4-3-5-9-17)25(2)27-20-13-12-18(14-22(20)28-25)24-26-21-10-6-7-11-23(21)31-24/h3-14,19,27-28H,15H2,1-2H3. The Morgan fingerprint density at radius 1 is 1.03 bits per heavy atom. The number of esters is 1. The summed E-state index contributed by atoms with van der Waals surface area (Å²) in [7, 11) is 0. The van der Waals surface area contributed by atoms with Gasteiger partial charge in [0.15, 0.2) is 5.58 Å². The summed E-state index contributed by atoms with van der Waals surface area (Å²) >= 11 is 0. The van der Waals surface area contributed by atoms with Gasteiger partial charge in [-0.25, -0.2) is 4.98 Å². The van der Waals surface area contributed by atoms with E-state index in [1.54, 1.807) is 0 Å². The van der Waals surface area contributed by atoms with Gasteiger partial charge in [-0.3, -0.25) is 4.79 Å². The molecule has 2 unspecified atom stereocenters. The van der Waals surface area contributed by atoms with Crippen LogP contribution in [-0.2, 0) is 9.53 Å². The number of carbonyl (C=O) groups excluding carboxylic acids is 1. The SMILES string of the molecule is CC(=O)OCC(c1ccccc1)C1(C)Nc2ccc(-c3nc4ccccc4o3)cc2N1. The van der Waals surface area contributed by atoms with E-state index in [-0.39, 0.29) is 18.5 Å². The van der Waals surface area contributed by atoms with Crippen LogP contribution in [0.4, 0.5) is 11.4 Å². The molecule has 1 aliphatic heterocycles. The van der Waals surface area contributed by atoms with E-state index in [1.807, 2.05) is 60.7 Å². The molecule has 3 aromatic carbocycles. The third-order valence-corrected chi connectivity index (χ3v) is 5.70. The number of oxazole rings is 1. The van der Waals surface area contributed by atoms with Gasteiger partial charge in [0.1, 0.15) is 17.8 Å². The van der Waals surface area contributed by atoms with Crippen molar-refractivity contribution in [3.05, 3.63) is 78.4 Å². The summed E-state index contributed by atoms with van der Waals surface area (Å²) in [6.07, 6.45) is 0. The second-order valence-electron chi connectivity index (χ2n) is 7.97. The number of aromatic nitrogens is 1. The van der Waals surface area contributed by atoms with Crippen LogP contribution in [0.25, 0.3) is 22.6 Å². The van der Waals surface area contributed by atoms with Crippen molar-refractivity contribution in [3.63, 3.8) is 0 Å².